The van der Waals surface area contributed by atoms with Crippen LogP contribution in [0.4, 0.5) is 0 Å². The Kier molecular flexibility index (Phi) is 4.57. The minimum Gasteiger partial charge on any atom is -0.320 e. The summed E-state index contributed by atoms with van der Waals surface area (Å²) in [5, 5.41) is 10.7. The lowest BCUT2D eigenvalue weighted by Crippen LogP contribution is -2.30. The molecule has 29 heavy (non-hydrogen) atoms. The number of fused-ring (bicyclic) bond motifs is 1. The second kappa shape index (κ2) is 7.25. The second-order valence-corrected chi connectivity index (χ2v) is 9.34. The number of aryl methyl sites for hydroxylation is 1. The molecule has 0 amide bonds. The molecule has 7 nitrogen and oxygen atoms in total. The molecule has 1 aliphatic carbocycles. The van der Waals surface area contributed by atoms with Crippen molar-refractivity contribution in [3.05, 3.63) is 41.7 Å². The number of hydrogen-bond acceptors (Lipinski definition) is 5. The summed E-state index contributed by atoms with van der Waals surface area (Å²) in [5.74, 6) is 0. The van der Waals surface area contributed by atoms with Gasteiger partial charge in [0.15, 0.2) is 0 Å². The molecule has 0 aromatic carbocycles. The quantitative estimate of drug-likeness (QED) is 0.691. The van der Waals surface area contributed by atoms with Gasteiger partial charge in [0.1, 0.15) is 16.6 Å². The van der Waals surface area contributed by atoms with Gasteiger partial charge in [0.25, 0.3) is 0 Å². The average Bonchev–Trinajstić information content (AvgIpc) is 2.91. The van der Waals surface area contributed by atoms with Crippen LogP contribution in [0, 0.1) is 18.3 Å². The summed E-state index contributed by atoms with van der Waals surface area (Å²) in [6.45, 7) is 4.85. The fourth-order valence-corrected chi connectivity index (χ4v) is 4.76. The van der Waals surface area contributed by atoms with Gasteiger partial charge in [0.2, 0.25) is 10.0 Å². The van der Waals surface area contributed by atoms with Crippen LogP contribution < -0.4 is 4.72 Å². The van der Waals surface area contributed by atoms with E-state index in [1.165, 1.54) is 26.1 Å². The number of hydrogen-bond donors (Lipinski definition) is 1. The van der Waals surface area contributed by atoms with E-state index in [1.807, 2.05) is 13.0 Å². The maximum Gasteiger partial charge on any atom is 0.242 e. The van der Waals surface area contributed by atoms with Crippen molar-refractivity contribution in [3.8, 4) is 17.5 Å². The van der Waals surface area contributed by atoms with Gasteiger partial charge < -0.3 is 4.57 Å². The lowest BCUT2D eigenvalue weighted by atomic mass is 9.92. The molecule has 1 saturated carbocycles. The Balaban J connectivity index is 1.87. The van der Waals surface area contributed by atoms with E-state index in [1.54, 1.807) is 12.3 Å². The zero-order valence-electron chi connectivity index (χ0n) is 17.6. The molecule has 1 N–H and O–H groups in total. The molecule has 4 rings (SSSR count). The third-order valence-electron chi connectivity index (χ3n) is 5.16. The van der Waals surface area contributed by atoms with Crippen LogP contribution in [0.5, 0.6) is 0 Å². The average molecular weight is 411 g/mol. The highest BCUT2D eigenvalue weighted by molar-refractivity contribution is 7.89. The number of sulfonamides is 1. The highest BCUT2D eigenvalue weighted by Gasteiger charge is 2.29. The predicted octanol–water partition coefficient (Wildman–Crippen LogP) is 3.69. The normalized spacial score (nSPS) is 15.7. The van der Waals surface area contributed by atoms with Gasteiger partial charge in [0.05, 0.1) is 17.0 Å². The lowest BCUT2D eigenvalue weighted by Gasteiger charge is -2.29. The van der Waals surface area contributed by atoms with Crippen molar-refractivity contribution < 1.29 is 9.79 Å². The summed E-state index contributed by atoms with van der Waals surface area (Å²) in [6, 6.07) is 6.24. The fraction of sp³-hybridized carbons (Fsp3) is 0.381. The van der Waals surface area contributed by atoms with Gasteiger partial charge in [0, 0.05) is 31.2 Å². The summed E-state index contributed by atoms with van der Waals surface area (Å²) in [5.41, 5.74) is 3.43. The van der Waals surface area contributed by atoms with E-state index in [9.17, 15) is 13.7 Å². The van der Waals surface area contributed by atoms with Gasteiger partial charge in [-0.15, -0.1) is 0 Å². The van der Waals surface area contributed by atoms with E-state index < -0.39 is 16.0 Å². The SMILES string of the molecule is [2H]C(C)(C)NS(=O)(=O)c1ccc(-c2c(C#N)c3cc(C)cnc3n2C2CCC2)nc1. The largest absolute Gasteiger partial charge is 0.320 e. The topological polar surface area (TPSA) is 101 Å². The predicted molar refractivity (Wildman–Crippen MR) is 111 cm³/mol. The molecule has 0 atom stereocenters. The summed E-state index contributed by atoms with van der Waals surface area (Å²) >= 11 is 0. The first-order valence-corrected chi connectivity index (χ1v) is 11.0. The third kappa shape index (κ3) is 3.41. The molecule has 0 spiro atoms. The van der Waals surface area contributed by atoms with Crippen LogP contribution in [0.3, 0.4) is 0 Å². The first-order valence-electron chi connectivity index (χ1n) is 10.0. The molecule has 3 aromatic rings. The molecule has 0 radical (unpaired) electrons. The molecule has 0 unspecified atom stereocenters. The monoisotopic (exact) mass is 410 g/mol. The molecule has 0 saturated heterocycles. The van der Waals surface area contributed by atoms with E-state index >= 15 is 0 Å². The number of nitrogens with one attached hydrogen (secondary N) is 1. The van der Waals surface area contributed by atoms with Gasteiger partial charge in [-0.05, 0) is 63.8 Å². The van der Waals surface area contributed by atoms with Gasteiger partial charge in [-0.1, -0.05) is 0 Å². The summed E-state index contributed by atoms with van der Waals surface area (Å²) in [6.07, 6.45) is 6.20. The Morgan fingerprint density at radius 3 is 2.62 bits per heavy atom. The molecule has 8 heteroatoms. The molecular weight excluding hydrogens is 386 g/mol. The first kappa shape index (κ1) is 18.3. The van der Waals surface area contributed by atoms with Crippen LogP contribution >= 0.6 is 0 Å². The number of nitriles is 1. The smallest absolute Gasteiger partial charge is 0.242 e. The minimum absolute atomic E-state index is 0.0228. The van der Waals surface area contributed by atoms with Crippen molar-refractivity contribution in [2.24, 2.45) is 0 Å². The summed E-state index contributed by atoms with van der Waals surface area (Å²) in [4.78, 5) is 8.96. The Bertz CT molecular complexity index is 1260. The third-order valence-corrected chi connectivity index (χ3v) is 6.70. The van der Waals surface area contributed by atoms with Crippen molar-refractivity contribution in [1.29, 1.82) is 5.26 Å². The van der Waals surface area contributed by atoms with Crippen molar-refractivity contribution in [2.75, 3.05) is 0 Å². The van der Waals surface area contributed by atoms with Gasteiger partial charge in [-0.2, -0.15) is 5.26 Å². The standard InChI is InChI=1S/C21H23N5O2S/c1-13(2)25-29(27,28)16-7-8-19(23-12-16)20-18(10-22)17-9-14(3)11-24-21(17)26(20)15-5-4-6-15/h7-9,11-13,15,25H,4-6H2,1-3H3/i13D. The molecule has 1 aliphatic rings. The van der Waals surface area contributed by atoms with Crippen molar-refractivity contribution in [3.63, 3.8) is 0 Å². The molecule has 3 aromatic heterocycles. The molecule has 150 valence electrons. The number of aromatic nitrogens is 3. The molecular formula is C21H23N5O2S. The van der Waals surface area contributed by atoms with Crippen LogP contribution in [0.1, 0.15) is 51.6 Å². The van der Waals surface area contributed by atoms with E-state index in [4.69, 9.17) is 1.37 Å². The molecule has 1 fully saturated rings. The van der Waals surface area contributed by atoms with Crippen molar-refractivity contribution >= 4 is 21.1 Å². The molecule has 0 aliphatic heterocycles. The number of nitrogens with zero attached hydrogens (tertiary/aromatic N) is 4. The van der Waals surface area contributed by atoms with Crippen LogP contribution in [0.15, 0.2) is 35.5 Å². The highest BCUT2D eigenvalue weighted by Crippen LogP contribution is 2.41. The summed E-state index contributed by atoms with van der Waals surface area (Å²) < 4.78 is 37.2. The van der Waals surface area contributed by atoms with Crippen LogP contribution in [0.25, 0.3) is 22.4 Å². The zero-order valence-corrected chi connectivity index (χ0v) is 17.4. The highest BCUT2D eigenvalue weighted by atomic mass is 32.2. The van der Waals surface area contributed by atoms with Gasteiger partial charge in [-0.25, -0.2) is 18.1 Å². The number of rotatable bonds is 5. The van der Waals surface area contributed by atoms with Gasteiger partial charge in [-0.3, -0.25) is 4.98 Å². The maximum atomic E-state index is 12.5. The van der Waals surface area contributed by atoms with Crippen LogP contribution in [0.2, 0.25) is 0 Å². The van der Waals surface area contributed by atoms with Gasteiger partial charge >= 0.3 is 0 Å². The summed E-state index contributed by atoms with van der Waals surface area (Å²) in [7, 11) is -3.87. The van der Waals surface area contributed by atoms with Crippen LogP contribution in [-0.2, 0) is 10.0 Å². The lowest BCUT2D eigenvalue weighted by molar-refractivity contribution is 0.322. The van der Waals surface area contributed by atoms with Crippen molar-refractivity contribution in [1.82, 2.24) is 19.3 Å². The Labute approximate surface area is 171 Å². The van der Waals surface area contributed by atoms with E-state index in [0.29, 0.717) is 17.0 Å². The van der Waals surface area contributed by atoms with Crippen LogP contribution in [-0.4, -0.2) is 29.0 Å². The Morgan fingerprint density at radius 2 is 2.07 bits per heavy atom. The maximum absolute atomic E-state index is 12.5. The van der Waals surface area contributed by atoms with E-state index in [2.05, 4.69) is 25.3 Å². The fourth-order valence-electron chi connectivity index (χ4n) is 3.66. The number of pyridine rings is 2. The van der Waals surface area contributed by atoms with Crippen molar-refractivity contribution in [2.45, 2.75) is 57.0 Å². The minimum atomic E-state index is -3.87. The molecule has 3 heterocycles. The molecule has 0 bridgehead atoms. The van der Waals surface area contributed by atoms with E-state index in [0.717, 1.165) is 35.9 Å². The Hall–Kier alpha value is -2.76. The van der Waals surface area contributed by atoms with E-state index in [-0.39, 0.29) is 10.9 Å². The zero-order chi connectivity index (χ0) is 21.7. The Morgan fingerprint density at radius 1 is 1.31 bits per heavy atom. The second-order valence-electron chi connectivity index (χ2n) is 7.66. The first-order chi connectivity index (χ1) is 14.1.